The maximum absolute atomic E-state index is 12.3. The number of rotatable bonds is 5. The van der Waals surface area contributed by atoms with E-state index in [1.807, 2.05) is 17.5 Å². The molecule has 2 aliphatic rings. The number of hydrogen-bond acceptors (Lipinski definition) is 7. The van der Waals surface area contributed by atoms with E-state index >= 15 is 0 Å². The molecule has 0 aromatic carbocycles. The van der Waals surface area contributed by atoms with Crippen LogP contribution in [0, 0.1) is 11.3 Å². The number of thiophene rings is 2. The van der Waals surface area contributed by atoms with Gasteiger partial charge in [-0.25, -0.2) is 4.79 Å². The topological polar surface area (TPSA) is 111 Å². The minimum absolute atomic E-state index is 0.0426. The van der Waals surface area contributed by atoms with E-state index in [9.17, 15) is 20.0 Å². The van der Waals surface area contributed by atoms with E-state index in [4.69, 9.17) is 4.74 Å². The third-order valence-electron chi connectivity index (χ3n) is 5.80. The molecule has 2 heterocycles. The first kappa shape index (κ1) is 22.5. The molecule has 0 radical (unpaired) electrons. The van der Waals surface area contributed by atoms with Gasteiger partial charge in [-0.3, -0.25) is 4.79 Å². The van der Waals surface area contributed by atoms with Gasteiger partial charge in [-0.1, -0.05) is 6.07 Å². The highest BCUT2D eigenvalue weighted by Crippen LogP contribution is 2.38. The first-order chi connectivity index (χ1) is 15.5. The van der Waals surface area contributed by atoms with Gasteiger partial charge in [0.25, 0.3) is 0 Å². The number of nitrogens with one attached hydrogen (secondary N) is 2. The number of nitriles is 1. The summed E-state index contributed by atoms with van der Waals surface area (Å²) >= 11 is 2.92. The van der Waals surface area contributed by atoms with E-state index < -0.39 is 6.09 Å². The molecule has 0 aliphatic heterocycles. The number of hydrogen-bond donors (Lipinski definition) is 3. The first-order valence-electron chi connectivity index (χ1n) is 10.7. The largest absolute Gasteiger partial charge is 0.446 e. The van der Waals surface area contributed by atoms with Crippen LogP contribution in [-0.4, -0.2) is 35.4 Å². The molecule has 4 rings (SSSR count). The zero-order valence-electron chi connectivity index (χ0n) is 17.5. The van der Waals surface area contributed by atoms with E-state index in [2.05, 4.69) is 16.7 Å². The van der Waals surface area contributed by atoms with Crippen molar-refractivity contribution in [1.29, 1.82) is 5.26 Å². The predicted octanol–water partition coefficient (Wildman–Crippen LogP) is 4.22. The number of alkyl carbamates (subject to hydrolysis) is 1. The zero-order chi connectivity index (χ0) is 22.5. The molecule has 0 bridgehead atoms. The molecule has 1 atom stereocenters. The van der Waals surface area contributed by atoms with Crippen molar-refractivity contribution < 1.29 is 19.4 Å². The number of carbonyl (C=O) groups is 2. The zero-order valence-corrected chi connectivity index (χ0v) is 19.1. The molecular weight excluding hydrogens is 446 g/mol. The maximum atomic E-state index is 12.3. The lowest BCUT2D eigenvalue weighted by molar-refractivity contribution is -0.111. The Morgan fingerprint density at radius 1 is 1.25 bits per heavy atom. The second-order valence-electron chi connectivity index (χ2n) is 8.08. The van der Waals surface area contributed by atoms with Crippen molar-refractivity contribution in [1.82, 2.24) is 5.32 Å². The highest BCUT2D eigenvalue weighted by atomic mass is 32.1. The Morgan fingerprint density at radius 2 is 2.06 bits per heavy atom. The summed E-state index contributed by atoms with van der Waals surface area (Å²) in [5.41, 5.74) is 1.45. The molecule has 2 aromatic rings. The van der Waals surface area contributed by atoms with E-state index in [0.29, 0.717) is 42.7 Å². The Hall–Kier alpha value is -2.67. The lowest BCUT2D eigenvalue weighted by Gasteiger charge is -2.28. The van der Waals surface area contributed by atoms with E-state index in [1.165, 1.54) is 17.4 Å². The third-order valence-corrected chi connectivity index (χ3v) is 7.81. The number of aliphatic hydroxyl groups is 1. The van der Waals surface area contributed by atoms with E-state index in [-0.39, 0.29) is 24.2 Å². The van der Waals surface area contributed by atoms with Crippen molar-refractivity contribution >= 4 is 45.8 Å². The molecule has 2 aromatic heterocycles. The third kappa shape index (κ3) is 5.57. The van der Waals surface area contributed by atoms with Gasteiger partial charge in [0, 0.05) is 28.3 Å². The summed E-state index contributed by atoms with van der Waals surface area (Å²) in [7, 11) is 0. The molecule has 168 valence electrons. The number of aliphatic hydroxyl groups excluding tert-OH is 1. The molecule has 7 nitrogen and oxygen atoms in total. The fourth-order valence-electron chi connectivity index (χ4n) is 4.13. The van der Waals surface area contributed by atoms with Crippen molar-refractivity contribution in [2.75, 3.05) is 5.32 Å². The number of ether oxygens (including phenoxy) is 1. The molecule has 1 fully saturated rings. The highest BCUT2D eigenvalue weighted by Gasteiger charge is 2.29. The van der Waals surface area contributed by atoms with Gasteiger partial charge >= 0.3 is 6.09 Å². The summed E-state index contributed by atoms with van der Waals surface area (Å²) < 4.78 is 5.64. The van der Waals surface area contributed by atoms with Crippen molar-refractivity contribution in [3.63, 3.8) is 0 Å². The number of carbonyl (C=O) groups excluding carboxylic acids is 2. The molecule has 2 aliphatic carbocycles. The Bertz CT molecular complexity index is 1030. The molecule has 0 spiro atoms. The van der Waals surface area contributed by atoms with Gasteiger partial charge in [0.1, 0.15) is 17.2 Å². The molecule has 3 N–H and O–H groups in total. The maximum Gasteiger partial charge on any atom is 0.407 e. The smallest absolute Gasteiger partial charge is 0.407 e. The van der Waals surface area contributed by atoms with Gasteiger partial charge in [-0.2, -0.15) is 5.26 Å². The predicted molar refractivity (Wildman–Crippen MR) is 125 cm³/mol. The second kappa shape index (κ2) is 10.3. The standard InChI is InChI=1S/C23H25N3O4S2/c24-13-19-18-9-7-16(30-23(29)25-14-3-5-15(27)6-4-14)12-20(18)32-22(19)26-21(28)10-8-17-2-1-11-31-17/h1-2,8,10-11,14-16,27H,3-7,9,12H2,(H,25,29)(H,26,28)/b10-8+. The number of amides is 2. The normalized spacial score (nSPS) is 22.7. The molecular formula is C23H25N3O4S2. The molecule has 0 saturated heterocycles. The Labute approximate surface area is 194 Å². The molecule has 1 saturated carbocycles. The SMILES string of the molecule is N#Cc1c(NC(=O)/C=C/c2cccs2)sc2c1CCC(OC(=O)NC1CCC(O)CC1)C2. The second-order valence-corrected chi connectivity index (χ2v) is 10.2. The number of nitrogens with zero attached hydrogens (tertiary/aromatic N) is 1. The number of anilines is 1. The van der Waals surface area contributed by atoms with Gasteiger partial charge in [0.15, 0.2) is 0 Å². The van der Waals surface area contributed by atoms with Crippen molar-refractivity contribution in [2.45, 2.75) is 63.2 Å². The summed E-state index contributed by atoms with van der Waals surface area (Å²) in [4.78, 5) is 26.6. The van der Waals surface area contributed by atoms with Crippen LogP contribution in [0.5, 0.6) is 0 Å². The monoisotopic (exact) mass is 471 g/mol. The lowest BCUT2D eigenvalue weighted by Crippen LogP contribution is -2.41. The van der Waals surface area contributed by atoms with Crippen LogP contribution in [0.3, 0.4) is 0 Å². The van der Waals surface area contributed by atoms with Gasteiger partial charge in [0.05, 0.1) is 11.7 Å². The van der Waals surface area contributed by atoms with Crippen molar-refractivity contribution in [3.8, 4) is 6.07 Å². The average Bonchev–Trinajstić information content (AvgIpc) is 3.40. The summed E-state index contributed by atoms with van der Waals surface area (Å²) in [5.74, 6) is -0.279. The van der Waals surface area contributed by atoms with Crippen LogP contribution < -0.4 is 10.6 Å². The Kier molecular flexibility index (Phi) is 7.25. The summed E-state index contributed by atoms with van der Waals surface area (Å²) in [6, 6.07) is 6.11. The van der Waals surface area contributed by atoms with Crippen molar-refractivity contribution in [3.05, 3.63) is 44.5 Å². The van der Waals surface area contributed by atoms with Crippen LogP contribution in [0.15, 0.2) is 23.6 Å². The summed E-state index contributed by atoms with van der Waals surface area (Å²) in [6.45, 7) is 0. The number of fused-ring (bicyclic) bond motifs is 1. The van der Waals surface area contributed by atoms with Gasteiger partial charge in [-0.15, -0.1) is 22.7 Å². The fourth-order valence-corrected chi connectivity index (χ4v) is 6.02. The van der Waals surface area contributed by atoms with Crippen LogP contribution in [0.1, 0.15) is 53.0 Å². The van der Waals surface area contributed by atoms with Crippen LogP contribution >= 0.6 is 22.7 Å². The molecule has 32 heavy (non-hydrogen) atoms. The minimum atomic E-state index is -0.427. The van der Waals surface area contributed by atoms with Crippen LogP contribution in [-0.2, 0) is 22.4 Å². The summed E-state index contributed by atoms with van der Waals surface area (Å²) in [6.07, 6.45) is 6.96. The minimum Gasteiger partial charge on any atom is -0.446 e. The van der Waals surface area contributed by atoms with Crippen LogP contribution in [0.2, 0.25) is 0 Å². The van der Waals surface area contributed by atoms with Crippen LogP contribution in [0.25, 0.3) is 6.08 Å². The van der Waals surface area contributed by atoms with E-state index in [1.54, 1.807) is 17.4 Å². The lowest BCUT2D eigenvalue weighted by atomic mass is 9.93. The Balaban J connectivity index is 1.35. The summed E-state index contributed by atoms with van der Waals surface area (Å²) in [5, 5.41) is 27.5. The molecule has 1 unspecified atom stereocenters. The first-order valence-corrected chi connectivity index (χ1v) is 12.4. The van der Waals surface area contributed by atoms with E-state index in [0.717, 1.165) is 28.2 Å². The van der Waals surface area contributed by atoms with Gasteiger partial charge < -0.3 is 20.5 Å². The quantitative estimate of drug-likeness (QED) is 0.566. The molecule has 2 amide bonds. The highest BCUT2D eigenvalue weighted by molar-refractivity contribution is 7.16. The van der Waals surface area contributed by atoms with Crippen molar-refractivity contribution in [2.24, 2.45) is 0 Å². The van der Waals surface area contributed by atoms with Gasteiger partial charge in [0.2, 0.25) is 5.91 Å². The van der Waals surface area contributed by atoms with Gasteiger partial charge in [-0.05, 0) is 61.6 Å². The Morgan fingerprint density at radius 3 is 2.78 bits per heavy atom. The fraction of sp³-hybridized carbons (Fsp3) is 0.435. The van der Waals surface area contributed by atoms with Crippen LogP contribution in [0.4, 0.5) is 9.80 Å². The molecule has 9 heteroatoms. The average molecular weight is 472 g/mol.